The van der Waals surface area contributed by atoms with Gasteiger partial charge in [0.05, 0.1) is 0 Å². The molecule has 3 aromatic rings. The first kappa shape index (κ1) is 16.8. The zero-order valence-electron chi connectivity index (χ0n) is 14.8. The van der Waals surface area contributed by atoms with Gasteiger partial charge in [0.25, 0.3) is 0 Å². The van der Waals surface area contributed by atoms with E-state index in [4.69, 9.17) is 15.0 Å². The van der Waals surface area contributed by atoms with Gasteiger partial charge in [0.2, 0.25) is 0 Å². The van der Waals surface area contributed by atoms with Crippen molar-refractivity contribution < 1.29 is 0 Å². The maximum absolute atomic E-state index is 4.72. The number of nitrogens with zero attached hydrogens (tertiary/aromatic N) is 3. The average molecular weight is 327 g/mol. The zero-order chi connectivity index (χ0) is 17.6. The van der Waals surface area contributed by atoms with E-state index in [-0.39, 0.29) is 0 Å². The lowest BCUT2D eigenvalue weighted by Crippen LogP contribution is -2.02. The number of aromatic nitrogens is 3. The van der Waals surface area contributed by atoms with E-state index in [2.05, 4.69) is 19.1 Å². The van der Waals surface area contributed by atoms with Gasteiger partial charge in [-0.1, -0.05) is 72.3 Å². The van der Waals surface area contributed by atoms with Gasteiger partial charge in [-0.25, -0.2) is 15.0 Å². The van der Waals surface area contributed by atoms with Gasteiger partial charge in [-0.2, -0.15) is 0 Å². The number of hydrogen-bond acceptors (Lipinski definition) is 3. The fourth-order valence-corrected chi connectivity index (χ4v) is 2.61. The van der Waals surface area contributed by atoms with E-state index in [1.54, 1.807) is 0 Å². The topological polar surface area (TPSA) is 38.7 Å². The van der Waals surface area contributed by atoms with Gasteiger partial charge < -0.3 is 0 Å². The summed E-state index contributed by atoms with van der Waals surface area (Å²) in [6.07, 6.45) is 6.03. The summed E-state index contributed by atoms with van der Waals surface area (Å²) in [6, 6.07) is 18.2. The number of rotatable bonds is 4. The Hall–Kier alpha value is -3.07. The first-order chi connectivity index (χ1) is 12.2. The largest absolute Gasteiger partial charge is 0.208 e. The highest BCUT2D eigenvalue weighted by molar-refractivity contribution is 5.72. The van der Waals surface area contributed by atoms with Crippen LogP contribution in [0.3, 0.4) is 0 Å². The van der Waals surface area contributed by atoms with Crippen molar-refractivity contribution in [3.05, 3.63) is 84.2 Å². The summed E-state index contributed by atoms with van der Waals surface area (Å²) in [5.74, 6) is 2.06. The van der Waals surface area contributed by atoms with Crippen LogP contribution in [0.25, 0.3) is 28.3 Å². The molecule has 0 amide bonds. The highest BCUT2D eigenvalue weighted by Gasteiger charge is 2.12. The van der Waals surface area contributed by atoms with Crippen LogP contribution in [0.2, 0.25) is 0 Å². The Morgan fingerprint density at radius 2 is 1.48 bits per heavy atom. The Kier molecular flexibility index (Phi) is 5.14. The molecule has 0 aliphatic rings. The summed E-state index contributed by atoms with van der Waals surface area (Å²) in [7, 11) is 0. The standard InChI is InChI=1S/C22H21N3/c1-4-10-17(5-2)20-23-21(18-12-7-6-8-13-18)25-22(24-20)19-14-9-11-16(3)15-19/h4-15H,1-3H3/b10-4-,17-5+. The fourth-order valence-electron chi connectivity index (χ4n) is 2.61. The third kappa shape index (κ3) is 3.89. The summed E-state index contributed by atoms with van der Waals surface area (Å²) < 4.78 is 0. The molecular formula is C22H21N3. The maximum atomic E-state index is 4.72. The van der Waals surface area contributed by atoms with Crippen LogP contribution in [0.4, 0.5) is 0 Å². The third-order valence-corrected chi connectivity index (χ3v) is 3.86. The van der Waals surface area contributed by atoms with Crippen molar-refractivity contribution in [1.29, 1.82) is 0 Å². The Balaban J connectivity index is 2.21. The fraction of sp³-hybridized carbons (Fsp3) is 0.136. The van der Waals surface area contributed by atoms with Gasteiger partial charge in [0.1, 0.15) is 0 Å². The quantitative estimate of drug-likeness (QED) is 0.594. The first-order valence-corrected chi connectivity index (χ1v) is 8.39. The van der Waals surface area contributed by atoms with E-state index in [0.717, 1.165) is 16.7 Å². The molecule has 0 radical (unpaired) electrons. The third-order valence-electron chi connectivity index (χ3n) is 3.86. The molecule has 3 rings (SSSR count). The molecular weight excluding hydrogens is 306 g/mol. The van der Waals surface area contributed by atoms with Crippen LogP contribution < -0.4 is 0 Å². The monoisotopic (exact) mass is 327 g/mol. The molecule has 0 atom stereocenters. The van der Waals surface area contributed by atoms with Gasteiger partial charge in [0.15, 0.2) is 17.5 Å². The van der Waals surface area contributed by atoms with E-state index >= 15 is 0 Å². The lowest BCUT2D eigenvalue weighted by Gasteiger charge is -2.09. The summed E-state index contributed by atoms with van der Waals surface area (Å²) in [5, 5.41) is 0. The molecule has 124 valence electrons. The molecule has 2 aromatic carbocycles. The van der Waals surface area contributed by atoms with Crippen LogP contribution in [-0.4, -0.2) is 15.0 Å². The highest BCUT2D eigenvalue weighted by atomic mass is 15.0. The molecule has 0 saturated heterocycles. The van der Waals surface area contributed by atoms with Crippen molar-refractivity contribution in [2.75, 3.05) is 0 Å². The van der Waals surface area contributed by atoms with Crippen molar-refractivity contribution in [2.24, 2.45) is 0 Å². The van der Waals surface area contributed by atoms with Crippen LogP contribution in [0.15, 0.2) is 72.8 Å². The van der Waals surface area contributed by atoms with Crippen LogP contribution in [-0.2, 0) is 0 Å². The predicted octanol–water partition coefficient (Wildman–Crippen LogP) is 5.49. The minimum absolute atomic E-state index is 0.686. The summed E-state index contributed by atoms with van der Waals surface area (Å²) in [5.41, 5.74) is 4.14. The van der Waals surface area contributed by atoms with Crippen LogP contribution in [0.5, 0.6) is 0 Å². The number of hydrogen-bond donors (Lipinski definition) is 0. The lowest BCUT2D eigenvalue weighted by atomic mass is 10.1. The Labute approximate surface area is 148 Å². The van der Waals surface area contributed by atoms with Crippen molar-refractivity contribution in [3.8, 4) is 22.8 Å². The molecule has 0 fully saturated rings. The SMILES string of the molecule is C/C=C\C(=C/C)c1nc(-c2ccccc2)nc(-c2cccc(C)c2)n1. The van der Waals surface area contributed by atoms with E-state index < -0.39 is 0 Å². The normalized spacial score (nSPS) is 11.9. The molecule has 3 heteroatoms. The smallest absolute Gasteiger partial charge is 0.164 e. The van der Waals surface area contributed by atoms with Crippen molar-refractivity contribution in [1.82, 2.24) is 15.0 Å². The number of allylic oxidation sites excluding steroid dienone is 4. The number of benzene rings is 2. The minimum atomic E-state index is 0.686. The molecule has 0 unspecified atom stereocenters. The summed E-state index contributed by atoms with van der Waals surface area (Å²) >= 11 is 0. The van der Waals surface area contributed by atoms with E-state index in [1.807, 2.05) is 74.5 Å². The van der Waals surface area contributed by atoms with Crippen LogP contribution >= 0.6 is 0 Å². The summed E-state index contributed by atoms with van der Waals surface area (Å²) in [6.45, 7) is 6.05. The molecule has 1 heterocycles. The van der Waals surface area contributed by atoms with Crippen molar-refractivity contribution >= 4 is 5.57 Å². The molecule has 0 aliphatic carbocycles. The van der Waals surface area contributed by atoms with Gasteiger partial charge in [-0.15, -0.1) is 0 Å². The van der Waals surface area contributed by atoms with Gasteiger partial charge in [-0.05, 0) is 26.8 Å². The minimum Gasteiger partial charge on any atom is -0.208 e. The highest BCUT2D eigenvalue weighted by Crippen LogP contribution is 2.23. The Morgan fingerprint density at radius 3 is 2.12 bits per heavy atom. The average Bonchev–Trinajstić information content (AvgIpc) is 2.66. The van der Waals surface area contributed by atoms with E-state index in [0.29, 0.717) is 17.5 Å². The van der Waals surface area contributed by atoms with Crippen LogP contribution in [0.1, 0.15) is 25.2 Å². The van der Waals surface area contributed by atoms with Gasteiger partial charge in [-0.3, -0.25) is 0 Å². The Morgan fingerprint density at radius 1 is 0.800 bits per heavy atom. The van der Waals surface area contributed by atoms with Crippen molar-refractivity contribution in [3.63, 3.8) is 0 Å². The van der Waals surface area contributed by atoms with Gasteiger partial charge >= 0.3 is 0 Å². The van der Waals surface area contributed by atoms with Gasteiger partial charge in [0, 0.05) is 16.7 Å². The molecule has 0 N–H and O–H groups in total. The van der Waals surface area contributed by atoms with E-state index in [1.165, 1.54) is 5.56 Å². The summed E-state index contributed by atoms with van der Waals surface area (Å²) in [4.78, 5) is 14.1. The second kappa shape index (κ2) is 7.67. The molecule has 3 nitrogen and oxygen atoms in total. The second-order valence-corrected chi connectivity index (χ2v) is 5.79. The zero-order valence-corrected chi connectivity index (χ0v) is 14.8. The van der Waals surface area contributed by atoms with Crippen LogP contribution in [0, 0.1) is 6.92 Å². The van der Waals surface area contributed by atoms with E-state index in [9.17, 15) is 0 Å². The second-order valence-electron chi connectivity index (χ2n) is 5.79. The predicted molar refractivity (Wildman–Crippen MR) is 104 cm³/mol. The molecule has 1 aromatic heterocycles. The first-order valence-electron chi connectivity index (χ1n) is 8.39. The molecule has 0 bridgehead atoms. The molecule has 25 heavy (non-hydrogen) atoms. The lowest BCUT2D eigenvalue weighted by molar-refractivity contribution is 1.04. The molecule has 0 aliphatic heterocycles. The molecule has 0 saturated carbocycles. The maximum Gasteiger partial charge on any atom is 0.164 e. The Bertz CT molecular complexity index is 925. The van der Waals surface area contributed by atoms with Crippen molar-refractivity contribution in [2.45, 2.75) is 20.8 Å². The number of aryl methyl sites for hydroxylation is 1. The molecule has 0 spiro atoms.